The number of nitrogen functional groups attached to an aromatic ring is 1. The summed E-state index contributed by atoms with van der Waals surface area (Å²) >= 11 is 0. The molecule has 1 aromatic heterocycles. The van der Waals surface area contributed by atoms with Crippen LogP contribution in [-0.2, 0) is 9.47 Å². The summed E-state index contributed by atoms with van der Waals surface area (Å²) in [6.07, 6.45) is -0.591. The summed E-state index contributed by atoms with van der Waals surface area (Å²) in [6, 6.07) is 13.1. The van der Waals surface area contributed by atoms with E-state index in [1.54, 1.807) is 84.0 Å². The summed E-state index contributed by atoms with van der Waals surface area (Å²) in [7, 11) is 0. The van der Waals surface area contributed by atoms with Crippen molar-refractivity contribution in [2.24, 2.45) is 0 Å². The predicted octanol–water partition coefficient (Wildman–Crippen LogP) is 5.71. The second-order valence-electron chi connectivity index (χ2n) is 9.76. The fourth-order valence-electron chi connectivity index (χ4n) is 3.17. The molecular formula is C26H29N3O6. The van der Waals surface area contributed by atoms with Gasteiger partial charge in [0.25, 0.3) is 0 Å². The molecule has 3 aromatic rings. The van der Waals surface area contributed by atoms with E-state index < -0.39 is 29.4 Å². The lowest BCUT2D eigenvalue weighted by Crippen LogP contribution is -2.44. The van der Waals surface area contributed by atoms with Gasteiger partial charge in [0.2, 0.25) is 0 Å². The maximum absolute atomic E-state index is 13.1. The topological polar surface area (TPSA) is 121 Å². The highest BCUT2D eigenvalue weighted by Gasteiger charge is 2.35. The van der Waals surface area contributed by atoms with Crippen molar-refractivity contribution in [3.05, 3.63) is 60.3 Å². The molecule has 0 aliphatic carbocycles. The van der Waals surface area contributed by atoms with E-state index in [2.05, 4.69) is 4.98 Å². The van der Waals surface area contributed by atoms with E-state index in [1.807, 2.05) is 0 Å². The molecule has 9 heteroatoms. The number of rotatable bonds is 3. The lowest BCUT2D eigenvalue weighted by atomic mass is 10.0. The summed E-state index contributed by atoms with van der Waals surface area (Å²) in [4.78, 5) is 44.2. The van der Waals surface area contributed by atoms with Gasteiger partial charge in [0, 0.05) is 22.7 Å². The molecule has 0 unspecified atom stereocenters. The van der Waals surface area contributed by atoms with Gasteiger partial charge in [-0.15, -0.1) is 0 Å². The number of pyridine rings is 1. The molecule has 2 aromatic carbocycles. The van der Waals surface area contributed by atoms with Crippen molar-refractivity contribution in [1.82, 2.24) is 4.98 Å². The normalized spacial score (nSPS) is 11.6. The number of fused-ring (bicyclic) bond motifs is 1. The molecule has 0 saturated carbocycles. The lowest BCUT2D eigenvalue weighted by molar-refractivity contribution is 0.0429. The first kappa shape index (κ1) is 25.5. The van der Waals surface area contributed by atoms with Crippen LogP contribution in [0.2, 0.25) is 0 Å². The third-order valence-corrected chi connectivity index (χ3v) is 4.48. The highest BCUT2D eigenvalue weighted by atomic mass is 16.6. The SMILES string of the molecule is CC(C)(C)OC(=O)N(C(=O)OC(C)(C)C)c1nccc2c(C(=O)Oc3ccccc3)c(N)ccc12. The van der Waals surface area contributed by atoms with Crippen LogP contribution in [-0.4, -0.2) is 34.3 Å². The number of aromatic nitrogens is 1. The summed E-state index contributed by atoms with van der Waals surface area (Å²) in [5.74, 6) is -0.426. The van der Waals surface area contributed by atoms with E-state index in [-0.39, 0.29) is 17.1 Å². The Bertz CT molecular complexity index is 1230. The van der Waals surface area contributed by atoms with Crippen molar-refractivity contribution >= 4 is 40.4 Å². The lowest BCUT2D eigenvalue weighted by Gasteiger charge is -2.28. The monoisotopic (exact) mass is 479 g/mol. The van der Waals surface area contributed by atoms with E-state index in [0.717, 1.165) is 0 Å². The maximum Gasteiger partial charge on any atom is 0.425 e. The van der Waals surface area contributed by atoms with E-state index >= 15 is 0 Å². The number of hydrogen-bond acceptors (Lipinski definition) is 8. The zero-order valence-corrected chi connectivity index (χ0v) is 20.6. The van der Waals surface area contributed by atoms with Gasteiger partial charge in [-0.3, -0.25) is 0 Å². The van der Waals surface area contributed by atoms with Gasteiger partial charge < -0.3 is 19.9 Å². The summed E-state index contributed by atoms with van der Waals surface area (Å²) in [6.45, 7) is 10.0. The number of anilines is 2. The van der Waals surface area contributed by atoms with Gasteiger partial charge >= 0.3 is 18.2 Å². The Balaban J connectivity index is 2.15. The highest BCUT2D eigenvalue weighted by Crippen LogP contribution is 2.32. The summed E-state index contributed by atoms with van der Waals surface area (Å²) in [5, 5.41) is 0.645. The summed E-state index contributed by atoms with van der Waals surface area (Å²) in [5.41, 5.74) is 4.59. The van der Waals surface area contributed by atoms with Crippen molar-refractivity contribution in [3.8, 4) is 5.75 Å². The molecule has 0 atom stereocenters. The van der Waals surface area contributed by atoms with Gasteiger partial charge in [0.1, 0.15) is 17.0 Å². The number of amides is 2. The first-order valence-electron chi connectivity index (χ1n) is 11.0. The number of benzene rings is 2. The van der Waals surface area contributed by atoms with Gasteiger partial charge in [0.05, 0.1) is 5.56 Å². The highest BCUT2D eigenvalue weighted by molar-refractivity contribution is 6.17. The number of nitrogens with two attached hydrogens (primary N) is 1. The standard InChI is InChI=1S/C26H29N3O6/c1-25(2,3)34-23(31)29(24(32)35-26(4,5)6)21-18-12-13-19(27)20(17(18)14-15-28-21)22(30)33-16-10-8-7-9-11-16/h7-15H,27H2,1-6H3. The Morgan fingerprint density at radius 2 is 1.37 bits per heavy atom. The van der Waals surface area contributed by atoms with Crippen LogP contribution >= 0.6 is 0 Å². The molecule has 2 amide bonds. The average Bonchev–Trinajstić information content (AvgIpc) is 2.71. The van der Waals surface area contributed by atoms with E-state index in [1.165, 1.54) is 12.3 Å². The molecule has 0 aliphatic rings. The van der Waals surface area contributed by atoms with Crippen molar-refractivity contribution < 1.29 is 28.6 Å². The molecule has 0 aliphatic heterocycles. The molecule has 0 fully saturated rings. The number of imide groups is 1. The maximum atomic E-state index is 13.1. The van der Waals surface area contributed by atoms with Crippen LogP contribution in [0.1, 0.15) is 51.9 Å². The molecule has 2 N–H and O–H groups in total. The Labute approximate surface area is 203 Å². The first-order chi connectivity index (χ1) is 16.3. The number of ether oxygens (including phenoxy) is 3. The largest absolute Gasteiger partial charge is 0.443 e. The minimum absolute atomic E-state index is 0.0697. The Morgan fingerprint density at radius 3 is 1.91 bits per heavy atom. The van der Waals surface area contributed by atoms with Crippen LogP contribution < -0.4 is 15.4 Å². The zero-order valence-electron chi connectivity index (χ0n) is 20.6. The predicted molar refractivity (Wildman–Crippen MR) is 133 cm³/mol. The quantitative estimate of drug-likeness (QED) is 0.288. The van der Waals surface area contributed by atoms with E-state index in [9.17, 15) is 14.4 Å². The number of esters is 1. The second kappa shape index (κ2) is 9.61. The molecule has 1 heterocycles. The first-order valence-corrected chi connectivity index (χ1v) is 11.0. The van der Waals surface area contributed by atoms with Crippen LogP contribution in [0.4, 0.5) is 21.1 Å². The van der Waals surface area contributed by atoms with Crippen LogP contribution in [0.3, 0.4) is 0 Å². The number of para-hydroxylation sites is 1. The van der Waals surface area contributed by atoms with E-state index in [0.29, 0.717) is 21.4 Å². The Morgan fingerprint density at radius 1 is 0.800 bits per heavy atom. The fraction of sp³-hybridized carbons (Fsp3) is 0.308. The number of nitrogens with zero attached hydrogens (tertiary/aromatic N) is 2. The van der Waals surface area contributed by atoms with Gasteiger partial charge in [-0.2, -0.15) is 4.90 Å². The van der Waals surface area contributed by atoms with Gasteiger partial charge in [-0.25, -0.2) is 19.4 Å². The van der Waals surface area contributed by atoms with Crippen molar-refractivity contribution in [1.29, 1.82) is 0 Å². The molecule has 184 valence electrons. The molecular weight excluding hydrogens is 450 g/mol. The van der Waals surface area contributed by atoms with Gasteiger partial charge in [-0.05, 0) is 71.9 Å². The van der Waals surface area contributed by atoms with Gasteiger partial charge in [-0.1, -0.05) is 18.2 Å². The molecule has 0 radical (unpaired) electrons. The van der Waals surface area contributed by atoms with Gasteiger partial charge in [0.15, 0.2) is 5.82 Å². The minimum Gasteiger partial charge on any atom is -0.443 e. The minimum atomic E-state index is -0.975. The third-order valence-electron chi connectivity index (χ3n) is 4.48. The molecule has 0 spiro atoms. The van der Waals surface area contributed by atoms with Crippen molar-refractivity contribution in [2.45, 2.75) is 52.7 Å². The molecule has 0 bridgehead atoms. The molecule has 9 nitrogen and oxygen atoms in total. The number of hydrogen-bond donors (Lipinski definition) is 1. The average molecular weight is 480 g/mol. The molecule has 35 heavy (non-hydrogen) atoms. The summed E-state index contributed by atoms with van der Waals surface area (Å²) < 4.78 is 16.4. The Hall–Kier alpha value is -4.14. The second-order valence-corrected chi connectivity index (χ2v) is 9.76. The fourth-order valence-corrected chi connectivity index (χ4v) is 3.17. The third kappa shape index (κ3) is 6.26. The smallest absolute Gasteiger partial charge is 0.425 e. The van der Waals surface area contributed by atoms with Crippen molar-refractivity contribution in [3.63, 3.8) is 0 Å². The van der Waals surface area contributed by atoms with Crippen LogP contribution in [0.25, 0.3) is 10.8 Å². The Kier molecular flexibility index (Phi) is 7.00. The zero-order chi connectivity index (χ0) is 26.0. The van der Waals surface area contributed by atoms with Crippen LogP contribution in [0.15, 0.2) is 54.7 Å². The number of carbonyl (C=O) groups excluding carboxylic acids is 3. The molecule has 3 rings (SSSR count). The van der Waals surface area contributed by atoms with Crippen molar-refractivity contribution in [2.75, 3.05) is 10.6 Å². The molecule has 0 saturated heterocycles. The number of carbonyl (C=O) groups is 3. The van der Waals surface area contributed by atoms with E-state index in [4.69, 9.17) is 19.9 Å². The van der Waals surface area contributed by atoms with Crippen LogP contribution in [0.5, 0.6) is 5.75 Å². The van der Waals surface area contributed by atoms with Crippen LogP contribution in [0, 0.1) is 0 Å².